The zero-order valence-corrected chi connectivity index (χ0v) is 19.3. The molecule has 0 unspecified atom stereocenters. The molecule has 0 heterocycles. The van der Waals surface area contributed by atoms with E-state index in [9.17, 15) is 10.2 Å². The van der Waals surface area contributed by atoms with Crippen molar-refractivity contribution < 1.29 is 10.2 Å². The fourth-order valence-corrected chi connectivity index (χ4v) is 1.52. The Morgan fingerprint density at radius 1 is 0.704 bits per heavy atom. The summed E-state index contributed by atoms with van der Waals surface area (Å²) in [6, 6.07) is 13.2. The molecule has 0 saturated carbocycles. The molecule has 0 aliphatic rings. The van der Waals surface area contributed by atoms with Crippen LogP contribution in [-0.2, 0) is 0 Å². The first-order valence-electron chi connectivity index (χ1n) is 9.06. The van der Waals surface area contributed by atoms with Crippen LogP contribution in [0.1, 0.15) is 39.5 Å². The van der Waals surface area contributed by atoms with Crippen LogP contribution in [0.15, 0.2) is 48.5 Å². The van der Waals surface area contributed by atoms with Crippen molar-refractivity contribution in [2.24, 2.45) is 0 Å². The molecule has 2 aromatic rings. The van der Waals surface area contributed by atoms with Crippen molar-refractivity contribution in [1.29, 1.82) is 0 Å². The van der Waals surface area contributed by atoms with Gasteiger partial charge in [-0.15, -0.1) is 36.0 Å². The summed E-state index contributed by atoms with van der Waals surface area (Å²) >= 11 is 0. The van der Waals surface area contributed by atoms with Gasteiger partial charge in [0.15, 0.2) is 0 Å². The molecule has 2 rings (SSSR count). The van der Waals surface area contributed by atoms with E-state index in [-0.39, 0.29) is 35.4 Å². The van der Waals surface area contributed by atoms with Crippen molar-refractivity contribution in [1.82, 2.24) is 0 Å². The van der Waals surface area contributed by atoms with Crippen LogP contribution >= 0.6 is 0 Å². The molecular weight excluding hydrogens is 443 g/mol. The normalized spacial score (nSPS) is 8.89. The number of nitrogens with zero attached hydrogens (tertiary/aromatic N) is 2. The van der Waals surface area contributed by atoms with Crippen molar-refractivity contribution in [3.8, 4) is 11.5 Å². The molecule has 148 valence electrons. The van der Waals surface area contributed by atoms with Crippen LogP contribution in [0.25, 0.3) is 10.6 Å². The Morgan fingerprint density at radius 3 is 1.26 bits per heavy atom. The third-order valence-corrected chi connectivity index (χ3v) is 3.10. The van der Waals surface area contributed by atoms with Gasteiger partial charge in [0.2, 0.25) is 0 Å². The molecule has 27 heavy (non-hydrogen) atoms. The van der Waals surface area contributed by atoms with Crippen LogP contribution in [0.5, 0.6) is 11.5 Å². The maximum atomic E-state index is 11.4. The minimum atomic E-state index is -0.0956. The molecule has 0 atom stereocenters. The number of para-hydroxylation sites is 4. The molecule has 2 aromatic carbocycles. The summed E-state index contributed by atoms with van der Waals surface area (Å²) in [7, 11) is 0. The van der Waals surface area contributed by atoms with Gasteiger partial charge >= 0.3 is 23.9 Å². The first-order chi connectivity index (χ1) is 12.6. The van der Waals surface area contributed by atoms with E-state index < -0.39 is 0 Å². The van der Waals surface area contributed by atoms with Crippen LogP contribution < -0.4 is 10.2 Å². The zero-order valence-electron chi connectivity index (χ0n) is 16.5. The van der Waals surface area contributed by atoms with E-state index in [1.807, 2.05) is 0 Å². The predicted octanol–water partition coefficient (Wildman–Crippen LogP) is 5.40. The van der Waals surface area contributed by atoms with E-state index in [1.54, 1.807) is 36.4 Å². The first-order valence-corrected chi connectivity index (χ1v) is 9.06. The Hall–Kier alpha value is -1.56. The molecule has 0 aliphatic carbocycles. The van der Waals surface area contributed by atoms with Gasteiger partial charge in [0.05, 0.1) is 0 Å². The van der Waals surface area contributed by atoms with Crippen molar-refractivity contribution >= 4 is 35.3 Å². The van der Waals surface area contributed by atoms with E-state index in [2.05, 4.69) is 38.3 Å². The van der Waals surface area contributed by atoms with Gasteiger partial charge < -0.3 is 34.7 Å². The van der Waals surface area contributed by atoms with E-state index in [4.69, 9.17) is 0 Å². The second kappa shape index (κ2) is 19.2. The van der Waals surface area contributed by atoms with Crippen molar-refractivity contribution in [2.45, 2.75) is 39.5 Å². The Kier molecular flexibility index (Phi) is 19.7. The predicted molar refractivity (Wildman–Crippen MR) is 114 cm³/mol. The largest absolute Gasteiger partial charge is 2.00 e. The van der Waals surface area contributed by atoms with Crippen LogP contribution in [0.2, 0.25) is 0 Å². The number of rotatable bonds is 7. The van der Waals surface area contributed by atoms with Gasteiger partial charge in [0, 0.05) is 0 Å². The molecule has 0 saturated heterocycles. The van der Waals surface area contributed by atoms with Crippen molar-refractivity contribution in [3.05, 3.63) is 73.0 Å². The number of hydrogen-bond donors (Lipinski definition) is 0. The summed E-state index contributed by atoms with van der Waals surface area (Å²) < 4.78 is 0. The van der Waals surface area contributed by atoms with Crippen molar-refractivity contribution in [2.75, 3.05) is 13.1 Å². The minimum Gasteiger partial charge on any atom is -0.873 e. The fourth-order valence-electron chi connectivity index (χ4n) is 1.52. The molecule has 2 radical (unpaired) electrons. The third-order valence-electron chi connectivity index (χ3n) is 3.10. The second-order valence-corrected chi connectivity index (χ2v) is 5.41. The van der Waals surface area contributed by atoms with Gasteiger partial charge in [-0.1, -0.05) is 75.2 Å². The minimum absolute atomic E-state index is 0. The summed E-state index contributed by atoms with van der Waals surface area (Å²) in [5.74, 6) is -0.191. The van der Waals surface area contributed by atoms with E-state index in [0.717, 1.165) is 12.8 Å². The molecule has 0 aliphatic heterocycles. The molecule has 0 spiro atoms. The van der Waals surface area contributed by atoms with Gasteiger partial charge in [0.1, 0.15) is 0 Å². The Bertz CT molecular complexity index is 524. The number of hydrogen-bond acceptors (Lipinski definition) is 2. The number of unbranched alkanes of at least 4 members (excludes halogenated alkanes) is 2. The van der Waals surface area contributed by atoms with Crippen LogP contribution in [0.4, 0.5) is 11.4 Å². The Morgan fingerprint density at radius 2 is 1.00 bits per heavy atom. The summed E-state index contributed by atoms with van der Waals surface area (Å²) in [6.07, 6.45) is 4.56. The smallest absolute Gasteiger partial charge is 0.873 e. The van der Waals surface area contributed by atoms with Gasteiger partial charge in [-0.2, -0.15) is 12.8 Å². The van der Waals surface area contributed by atoms with Gasteiger partial charge in [0.25, 0.3) is 0 Å². The molecule has 0 N–H and O–H groups in total. The average Bonchev–Trinajstić information content (AvgIpc) is 2.68. The van der Waals surface area contributed by atoms with Crippen LogP contribution in [0, 0.1) is 13.8 Å². The van der Waals surface area contributed by atoms with Crippen LogP contribution in [-0.4, -0.2) is 37.0 Å². The molecule has 5 heteroatoms. The summed E-state index contributed by atoms with van der Waals surface area (Å²) in [5.41, 5.74) is 0.867. The Labute approximate surface area is 182 Å². The Balaban J connectivity index is 0. The molecule has 0 amide bonds. The quantitative estimate of drug-likeness (QED) is 0.307. The van der Waals surface area contributed by atoms with E-state index in [1.165, 1.54) is 25.0 Å². The second-order valence-electron chi connectivity index (χ2n) is 5.41. The standard InChI is InChI=1S/C14H14N2O2.2C4H9.Sn/c17-13-7-3-1-5-11(13)15-9-10-16-12-6-2-4-8-14(12)18;2*1-3-4-2;/h1-8,17-18H,9-10H2;2*1,3-4H2,2H3;/q-2;2*-1;+2/p-2. The maximum Gasteiger partial charge on any atom is 2.00 e. The molecular formula is C22H30N2O2Sn-4. The van der Waals surface area contributed by atoms with Gasteiger partial charge in [-0.3, -0.25) is 0 Å². The number of benzene rings is 2. The average molecular weight is 473 g/mol. The van der Waals surface area contributed by atoms with Gasteiger partial charge in [-0.25, -0.2) is 0 Å². The van der Waals surface area contributed by atoms with E-state index >= 15 is 0 Å². The molecule has 0 bridgehead atoms. The summed E-state index contributed by atoms with van der Waals surface area (Å²) in [5, 5.41) is 31.0. The van der Waals surface area contributed by atoms with Crippen LogP contribution in [0.3, 0.4) is 0 Å². The molecule has 4 nitrogen and oxygen atoms in total. The van der Waals surface area contributed by atoms with E-state index in [0.29, 0.717) is 24.5 Å². The summed E-state index contributed by atoms with van der Waals surface area (Å²) in [6.45, 7) is 12.2. The zero-order chi connectivity index (χ0) is 19.6. The third kappa shape index (κ3) is 14.2. The van der Waals surface area contributed by atoms with Crippen molar-refractivity contribution in [3.63, 3.8) is 0 Å². The van der Waals surface area contributed by atoms with Gasteiger partial charge in [-0.05, 0) is 0 Å². The summed E-state index contributed by atoms with van der Waals surface area (Å²) in [4.78, 5) is 0. The first kappa shape index (κ1) is 27.7. The fraction of sp³-hybridized carbons (Fsp3) is 0.364. The monoisotopic (exact) mass is 474 g/mol. The molecule has 0 aromatic heterocycles. The SMILES string of the molecule is [CH2-]CCC.[CH2-]CCC.[O-]c1ccccc1[N-]CC[N-]c1ccccc1[O-].[Sn+2]. The maximum absolute atomic E-state index is 11.4. The molecule has 0 fully saturated rings. The topological polar surface area (TPSA) is 74.3 Å².